The summed E-state index contributed by atoms with van der Waals surface area (Å²) in [6.45, 7) is 0.247. The Morgan fingerprint density at radius 3 is 2.88 bits per heavy atom. The lowest BCUT2D eigenvalue weighted by atomic mass is 9.99. The van der Waals surface area contributed by atoms with Gasteiger partial charge in [-0.3, -0.25) is 5.32 Å². The number of hydrogen-bond acceptors (Lipinski definition) is 7. The van der Waals surface area contributed by atoms with Gasteiger partial charge in [0.05, 0.1) is 6.61 Å². The standard InChI is InChI=1S/C7H9N5O4S/c13-4(14)7(1-2-16-3-7)9-5(15)8-6-10-11-12-17-6/h1-3H2,(H,13,14)(H2,8,9,10,12,15). The molecule has 2 rings (SSSR count). The fourth-order valence-corrected chi connectivity index (χ4v) is 1.78. The first-order valence-corrected chi connectivity index (χ1v) is 5.45. The van der Waals surface area contributed by atoms with Crippen LogP contribution >= 0.6 is 11.5 Å². The summed E-state index contributed by atoms with van der Waals surface area (Å²) < 4.78 is 8.45. The summed E-state index contributed by atoms with van der Waals surface area (Å²) in [6.07, 6.45) is 0.226. The minimum absolute atomic E-state index is 0.0515. The molecule has 0 spiro atoms. The largest absolute Gasteiger partial charge is 0.479 e. The first-order valence-electron chi connectivity index (χ1n) is 4.68. The van der Waals surface area contributed by atoms with Crippen molar-refractivity contribution in [2.75, 3.05) is 18.5 Å². The van der Waals surface area contributed by atoms with Crippen LogP contribution in [0.5, 0.6) is 0 Å². The van der Waals surface area contributed by atoms with E-state index in [1.807, 2.05) is 0 Å². The van der Waals surface area contributed by atoms with Gasteiger partial charge in [0.25, 0.3) is 0 Å². The number of aromatic nitrogens is 3. The van der Waals surface area contributed by atoms with Gasteiger partial charge < -0.3 is 15.2 Å². The van der Waals surface area contributed by atoms with Gasteiger partial charge in [0.2, 0.25) is 5.13 Å². The molecule has 3 N–H and O–H groups in total. The number of carbonyl (C=O) groups excluding carboxylic acids is 1. The molecule has 2 amide bonds. The van der Waals surface area contributed by atoms with Crippen molar-refractivity contribution in [3.05, 3.63) is 0 Å². The minimum atomic E-state index is -1.37. The average molecular weight is 259 g/mol. The van der Waals surface area contributed by atoms with Crippen LogP contribution in [-0.4, -0.2) is 50.7 Å². The van der Waals surface area contributed by atoms with Crippen molar-refractivity contribution in [1.82, 2.24) is 20.1 Å². The molecule has 10 heteroatoms. The Balaban J connectivity index is 1.99. The van der Waals surface area contributed by atoms with Crippen LogP contribution in [0.15, 0.2) is 0 Å². The van der Waals surface area contributed by atoms with Gasteiger partial charge in [-0.25, -0.2) is 9.59 Å². The lowest BCUT2D eigenvalue weighted by Gasteiger charge is -2.23. The number of rotatable bonds is 3. The SMILES string of the molecule is O=C(Nc1nnns1)NC1(C(=O)O)CCOC1. The van der Waals surface area contributed by atoms with Gasteiger partial charge in [-0.05, 0) is 5.21 Å². The molecule has 17 heavy (non-hydrogen) atoms. The minimum Gasteiger partial charge on any atom is -0.479 e. The molecule has 0 aliphatic carbocycles. The van der Waals surface area contributed by atoms with Crippen LogP contribution in [-0.2, 0) is 9.53 Å². The van der Waals surface area contributed by atoms with E-state index < -0.39 is 17.5 Å². The molecule has 92 valence electrons. The predicted molar refractivity (Wildman–Crippen MR) is 55.7 cm³/mol. The lowest BCUT2D eigenvalue weighted by Crippen LogP contribution is -2.56. The zero-order valence-electron chi connectivity index (χ0n) is 8.54. The molecule has 0 aromatic carbocycles. The van der Waals surface area contributed by atoms with Crippen LogP contribution in [0.3, 0.4) is 0 Å². The number of hydrogen-bond donors (Lipinski definition) is 3. The molecule has 1 aromatic rings. The van der Waals surface area contributed by atoms with E-state index in [4.69, 9.17) is 9.84 Å². The van der Waals surface area contributed by atoms with E-state index in [1.165, 1.54) is 0 Å². The summed E-state index contributed by atoms with van der Waals surface area (Å²) >= 11 is 0.894. The summed E-state index contributed by atoms with van der Waals surface area (Å²) in [5.74, 6) is -1.12. The molecule has 1 fully saturated rings. The maximum absolute atomic E-state index is 11.5. The number of anilines is 1. The Bertz CT molecular complexity index is 416. The number of nitrogens with zero attached hydrogens (tertiary/aromatic N) is 3. The fourth-order valence-electron chi connectivity index (χ4n) is 1.41. The number of carboxylic acid groups (broad SMARTS) is 1. The highest BCUT2D eigenvalue weighted by atomic mass is 32.1. The number of carboxylic acids is 1. The molecule has 1 saturated heterocycles. The van der Waals surface area contributed by atoms with E-state index >= 15 is 0 Å². The van der Waals surface area contributed by atoms with Gasteiger partial charge in [0.1, 0.15) is 0 Å². The van der Waals surface area contributed by atoms with Crippen LogP contribution in [0.25, 0.3) is 0 Å². The summed E-state index contributed by atoms with van der Waals surface area (Å²) in [4.78, 5) is 22.6. The third kappa shape index (κ3) is 2.47. The van der Waals surface area contributed by atoms with E-state index in [0.717, 1.165) is 11.5 Å². The van der Waals surface area contributed by atoms with E-state index in [-0.39, 0.29) is 18.2 Å². The van der Waals surface area contributed by atoms with E-state index in [0.29, 0.717) is 6.61 Å². The number of aliphatic carboxylic acids is 1. The normalized spacial score (nSPS) is 23.3. The highest BCUT2D eigenvalue weighted by molar-refractivity contribution is 7.09. The van der Waals surface area contributed by atoms with Gasteiger partial charge in [-0.2, -0.15) is 0 Å². The Hall–Kier alpha value is -1.81. The molecule has 1 atom stereocenters. The van der Waals surface area contributed by atoms with Crippen molar-refractivity contribution < 1.29 is 19.4 Å². The smallest absolute Gasteiger partial charge is 0.332 e. The van der Waals surface area contributed by atoms with Gasteiger partial charge in [-0.15, -0.1) is 0 Å². The molecular weight excluding hydrogens is 250 g/mol. The number of urea groups is 1. The fraction of sp³-hybridized carbons (Fsp3) is 0.571. The molecule has 1 unspecified atom stereocenters. The monoisotopic (exact) mass is 259 g/mol. The van der Waals surface area contributed by atoms with Crippen molar-refractivity contribution in [3.8, 4) is 0 Å². The van der Waals surface area contributed by atoms with Crippen LogP contribution in [0, 0.1) is 0 Å². The highest BCUT2D eigenvalue weighted by Gasteiger charge is 2.44. The molecule has 9 nitrogen and oxygen atoms in total. The van der Waals surface area contributed by atoms with Crippen molar-refractivity contribution in [1.29, 1.82) is 0 Å². The zero-order chi connectivity index (χ0) is 12.3. The van der Waals surface area contributed by atoms with Gasteiger partial charge in [0.15, 0.2) is 5.54 Å². The molecule has 0 radical (unpaired) electrons. The van der Waals surface area contributed by atoms with Crippen LogP contribution < -0.4 is 10.6 Å². The Morgan fingerprint density at radius 2 is 2.35 bits per heavy atom. The van der Waals surface area contributed by atoms with E-state index in [1.54, 1.807) is 0 Å². The second-order valence-electron chi connectivity index (χ2n) is 3.44. The van der Waals surface area contributed by atoms with E-state index in [9.17, 15) is 9.59 Å². The first-order chi connectivity index (χ1) is 8.12. The molecule has 1 aliphatic rings. The maximum Gasteiger partial charge on any atom is 0.332 e. The molecule has 2 heterocycles. The number of nitrogens with one attached hydrogen (secondary N) is 2. The van der Waals surface area contributed by atoms with Crippen molar-refractivity contribution in [2.45, 2.75) is 12.0 Å². The summed E-state index contributed by atoms with van der Waals surface area (Å²) in [7, 11) is 0. The molecule has 1 aromatic heterocycles. The summed E-state index contributed by atoms with van der Waals surface area (Å²) in [6, 6.07) is -0.670. The van der Waals surface area contributed by atoms with Crippen molar-refractivity contribution in [3.63, 3.8) is 0 Å². The topological polar surface area (TPSA) is 126 Å². The average Bonchev–Trinajstić information content (AvgIpc) is 2.89. The van der Waals surface area contributed by atoms with E-state index in [2.05, 4.69) is 25.4 Å². The Kier molecular flexibility index (Phi) is 3.15. The first kappa shape index (κ1) is 11.7. The van der Waals surface area contributed by atoms with Crippen LogP contribution in [0.2, 0.25) is 0 Å². The second kappa shape index (κ2) is 4.59. The maximum atomic E-state index is 11.5. The molecule has 0 bridgehead atoms. The molecular formula is C7H9N5O4S. The summed E-state index contributed by atoms with van der Waals surface area (Å²) in [5.41, 5.74) is -1.37. The lowest BCUT2D eigenvalue weighted by molar-refractivity contribution is -0.144. The van der Waals surface area contributed by atoms with Crippen LogP contribution in [0.1, 0.15) is 6.42 Å². The molecule has 0 saturated carbocycles. The number of amides is 2. The Morgan fingerprint density at radius 1 is 1.53 bits per heavy atom. The predicted octanol–water partition coefficient (Wildman–Crippen LogP) is -0.702. The third-order valence-electron chi connectivity index (χ3n) is 2.30. The third-order valence-corrected chi connectivity index (χ3v) is 2.81. The number of ether oxygens (including phenoxy) is 1. The second-order valence-corrected chi connectivity index (χ2v) is 4.17. The van der Waals surface area contributed by atoms with Crippen molar-refractivity contribution >= 4 is 28.7 Å². The van der Waals surface area contributed by atoms with Crippen LogP contribution in [0.4, 0.5) is 9.93 Å². The van der Waals surface area contributed by atoms with Crippen molar-refractivity contribution in [2.24, 2.45) is 0 Å². The highest BCUT2D eigenvalue weighted by Crippen LogP contribution is 2.19. The molecule has 1 aliphatic heterocycles. The summed E-state index contributed by atoms with van der Waals surface area (Å²) in [5, 5.41) is 20.8. The Labute approximate surface area is 99.3 Å². The van der Waals surface area contributed by atoms with Gasteiger partial charge in [0, 0.05) is 24.6 Å². The number of carbonyl (C=O) groups is 2. The quantitative estimate of drug-likeness (QED) is 0.655. The van der Waals surface area contributed by atoms with Gasteiger partial charge in [-0.1, -0.05) is 9.59 Å². The van der Waals surface area contributed by atoms with Gasteiger partial charge >= 0.3 is 12.0 Å². The zero-order valence-corrected chi connectivity index (χ0v) is 9.36.